The van der Waals surface area contributed by atoms with Gasteiger partial charge in [0.05, 0.1) is 12.0 Å². The van der Waals surface area contributed by atoms with Gasteiger partial charge in [-0.3, -0.25) is 0 Å². The number of halogens is 1. The number of hydrogen-bond donors (Lipinski definition) is 0. The van der Waals surface area contributed by atoms with Crippen molar-refractivity contribution in [3.63, 3.8) is 0 Å². The first-order valence-electron chi connectivity index (χ1n) is 6.47. The predicted molar refractivity (Wildman–Crippen MR) is 75.5 cm³/mol. The number of anilines is 1. The molecule has 0 saturated carbocycles. The largest absolute Gasteiger partial charge is 0.376 e. The maximum absolute atomic E-state index is 6.05. The lowest BCUT2D eigenvalue weighted by Gasteiger charge is -2.25. The molecule has 3 nitrogen and oxygen atoms in total. The molecular weight excluding hydrogens is 248 g/mol. The summed E-state index contributed by atoms with van der Waals surface area (Å²) in [5.41, 5.74) is 3.38. The summed E-state index contributed by atoms with van der Waals surface area (Å²) in [5, 5.41) is 0. The summed E-state index contributed by atoms with van der Waals surface area (Å²) in [6, 6.07) is 2.08. The van der Waals surface area contributed by atoms with Gasteiger partial charge in [0, 0.05) is 31.5 Å². The second-order valence-corrected chi connectivity index (χ2v) is 5.30. The SMILES string of the molecule is Cc1cc(C)c(CCl)c(N(C)CC2CCCO2)n1. The van der Waals surface area contributed by atoms with Crippen LogP contribution >= 0.6 is 11.6 Å². The Morgan fingerprint density at radius 2 is 2.28 bits per heavy atom. The van der Waals surface area contributed by atoms with E-state index >= 15 is 0 Å². The molecule has 1 atom stereocenters. The van der Waals surface area contributed by atoms with Crippen molar-refractivity contribution >= 4 is 17.4 Å². The number of hydrogen-bond acceptors (Lipinski definition) is 3. The molecule has 1 aliphatic heterocycles. The smallest absolute Gasteiger partial charge is 0.133 e. The Bertz CT molecular complexity index is 417. The van der Waals surface area contributed by atoms with Crippen molar-refractivity contribution in [1.82, 2.24) is 4.98 Å². The van der Waals surface area contributed by atoms with Gasteiger partial charge >= 0.3 is 0 Å². The first-order chi connectivity index (χ1) is 8.61. The zero-order valence-electron chi connectivity index (χ0n) is 11.4. The standard InChI is InChI=1S/C14H21ClN2O/c1-10-7-11(2)16-14(13(10)8-15)17(3)9-12-5-4-6-18-12/h7,12H,4-6,8-9H2,1-3H3. The first-order valence-corrected chi connectivity index (χ1v) is 7.01. The molecule has 0 N–H and O–H groups in total. The Morgan fingerprint density at radius 1 is 1.50 bits per heavy atom. The number of nitrogens with zero attached hydrogens (tertiary/aromatic N) is 2. The number of likely N-dealkylation sites (N-methyl/N-ethyl adjacent to an activating group) is 1. The second-order valence-electron chi connectivity index (χ2n) is 5.03. The normalized spacial score (nSPS) is 19.2. The zero-order valence-corrected chi connectivity index (χ0v) is 12.1. The number of aromatic nitrogens is 1. The van der Waals surface area contributed by atoms with Crippen LogP contribution in [0.4, 0.5) is 5.82 Å². The summed E-state index contributed by atoms with van der Waals surface area (Å²) in [5.74, 6) is 1.50. The van der Waals surface area contributed by atoms with Gasteiger partial charge in [-0.05, 0) is 38.3 Å². The van der Waals surface area contributed by atoms with E-state index in [-0.39, 0.29) is 0 Å². The third kappa shape index (κ3) is 2.96. The molecule has 1 saturated heterocycles. The highest BCUT2D eigenvalue weighted by atomic mass is 35.5. The van der Waals surface area contributed by atoms with E-state index in [1.54, 1.807) is 0 Å². The Labute approximate surface area is 114 Å². The number of rotatable bonds is 4. The summed E-state index contributed by atoms with van der Waals surface area (Å²) in [4.78, 5) is 6.81. The average molecular weight is 269 g/mol. The lowest BCUT2D eigenvalue weighted by Crippen LogP contribution is -2.30. The van der Waals surface area contributed by atoms with E-state index in [0.717, 1.165) is 36.6 Å². The molecule has 100 valence electrons. The average Bonchev–Trinajstić information content (AvgIpc) is 2.80. The molecule has 0 radical (unpaired) electrons. The van der Waals surface area contributed by atoms with Gasteiger partial charge in [0.15, 0.2) is 0 Å². The van der Waals surface area contributed by atoms with E-state index in [9.17, 15) is 0 Å². The summed E-state index contributed by atoms with van der Waals surface area (Å²) in [6.07, 6.45) is 2.65. The van der Waals surface area contributed by atoms with Crippen LogP contribution in [0.5, 0.6) is 0 Å². The van der Waals surface area contributed by atoms with Crippen molar-refractivity contribution in [1.29, 1.82) is 0 Å². The minimum atomic E-state index is 0.334. The molecule has 0 spiro atoms. The van der Waals surface area contributed by atoms with Crippen LogP contribution in [-0.2, 0) is 10.6 Å². The molecule has 0 bridgehead atoms. The van der Waals surface area contributed by atoms with E-state index in [2.05, 4.69) is 29.9 Å². The van der Waals surface area contributed by atoms with Crippen LogP contribution in [0, 0.1) is 13.8 Å². The molecule has 1 aromatic rings. The Balaban J connectivity index is 2.19. The fourth-order valence-electron chi connectivity index (χ4n) is 2.50. The quantitative estimate of drug-likeness (QED) is 0.785. The third-order valence-corrected chi connectivity index (χ3v) is 3.72. The van der Waals surface area contributed by atoms with Crippen LogP contribution in [0.2, 0.25) is 0 Å². The van der Waals surface area contributed by atoms with Crippen LogP contribution in [0.25, 0.3) is 0 Å². The minimum Gasteiger partial charge on any atom is -0.376 e. The third-order valence-electron chi connectivity index (χ3n) is 3.45. The highest BCUT2D eigenvalue weighted by Gasteiger charge is 2.20. The summed E-state index contributed by atoms with van der Waals surface area (Å²) in [7, 11) is 2.07. The van der Waals surface area contributed by atoms with E-state index < -0.39 is 0 Å². The number of pyridine rings is 1. The summed E-state index contributed by atoms with van der Waals surface area (Å²) < 4.78 is 5.68. The zero-order chi connectivity index (χ0) is 13.1. The van der Waals surface area contributed by atoms with Crippen molar-refractivity contribution in [2.45, 2.75) is 38.7 Å². The molecule has 1 fully saturated rings. The fraction of sp³-hybridized carbons (Fsp3) is 0.643. The molecule has 0 amide bonds. The van der Waals surface area contributed by atoms with Gasteiger partial charge in [0.25, 0.3) is 0 Å². The molecule has 18 heavy (non-hydrogen) atoms. The molecule has 0 aromatic carbocycles. The molecule has 0 aliphatic carbocycles. The van der Waals surface area contributed by atoms with Crippen molar-refractivity contribution < 1.29 is 4.74 Å². The Hall–Kier alpha value is -0.800. The van der Waals surface area contributed by atoms with E-state index in [1.807, 2.05) is 6.92 Å². The predicted octanol–water partition coefficient (Wildman–Crippen LogP) is 3.05. The van der Waals surface area contributed by atoms with Gasteiger partial charge in [0.2, 0.25) is 0 Å². The van der Waals surface area contributed by atoms with Crippen molar-refractivity contribution in [2.75, 3.05) is 25.1 Å². The summed E-state index contributed by atoms with van der Waals surface area (Å²) in [6.45, 7) is 5.89. The fourth-order valence-corrected chi connectivity index (χ4v) is 2.84. The monoisotopic (exact) mass is 268 g/mol. The van der Waals surface area contributed by atoms with Gasteiger partial charge in [-0.15, -0.1) is 11.6 Å². The van der Waals surface area contributed by atoms with Gasteiger partial charge in [-0.2, -0.15) is 0 Å². The highest BCUT2D eigenvalue weighted by Crippen LogP contribution is 2.25. The molecule has 1 aromatic heterocycles. The highest BCUT2D eigenvalue weighted by molar-refractivity contribution is 6.17. The van der Waals surface area contributed by atoms with Crippen LogP contribution in [0.1, 0.15) is 29.7 Å². The lowest BCUT2D eigenvalue weighted by atomic mass is 10.1. The van der Waals surface area contributed by atoms with Crippen molar-refractivity contribution in [3.8, 4) is 0 Å². The Kier molecular flexibility index (Phi) is 4.46. The van der Waals surface area contributed by atoms with Crippen LogP contribution in [0.3, 0.4) is 0 Å². The second kappa shape index (κ2) is 5.89. The van der Waals surface area contributed by atoms with Crippen LogP contribution < -0.4 is 4.90 Å². The molecule has 1 unspecified atom stereocenters. The van der Waals surface area contributed by atoms with Gasteiger partial charge in [0.1, 0.15) is 5.82 Å². The Morgan fingerprint density at radius 3 is 2.89 bits per heavy atom. The number of ether oxygens (including phenoxy) is 1. The lowest BCUT2D eigenvalue weighted by molar-refractivity contribution is 0.116. The maximum atomic E-state index is 6.05. The molecule has 2 heterocycles. The molecular formula is C14H21ClN2O. The van der Waals surface area contributed by atoms with Gasteiger partial charge in [-0.25, -0.2) is 4.98 Å². The molecule has 2 rings (SSSR count). The molecule has 1 aliphatic rings. The number of alkyl halides is 1. The maximum Gasteiger partial charge on any atom is 0.133 e. The van der Waals surface area contributed by atoms with Crippen molar-refractivity contribution in [3.05, 3.63) is 22.9 Å². The minimum absolute atomic E-state index is 0.334. The topological polar surface area (TPSA) is 25.4 Å². The first kappa shape index (κ1) is 13.6. The summed E-state index contributed by atoms with van der Waals surface area (Å²) >= 11 is 6.05. The van der Waals surface area contributed by atoms with Crippen LogP contribution in [-0.4, -0.2) is 31.3 Å². The van der Waals surface area contributed by atoms with E-state index in [1.165, 1.54) is 12.0 Å². The van der Waals surface area contributed by atoms with Gasteiger partial charge in [-0.1, -0.05) is 0 Å². The van der Waals surface area contributed by atoms with Gasteiger partial charge < -0.3 is 9.64 Å². The molecule has 4 heteroatoms. The van der Waals surface area contributed by atoms with Crippen LogP contribution in [0.15, 0.2) is 6.07 Å². The van der Waals surface area contributed by atoms with E-state index in [4.69, 9.17) is 16.3 Å². The van der Waals surface area contributed by atoms with Crippen molar-refractivity contribution in [2.24, 2.45) is 0 Å². The number of aryl methyl sites for hydroxylation is 2. The van der Waals surface area contributed by atoms with E-state index in [0.29, 0.717) is 12.0 Å².